The summed E-state index contributed by atoms with van der Waals surface area (Å²) >= 11 is 0. The van der Waals surface area contributed by atoms with E-state index in [-0.39, 0.29) is 25.2 Å². The van der Waals surface area contributed by atoms with Crippen molar-refractivity contribution in [1.82, 2.24) is 16.0 Å². The zero-order chi connectivity index (χ0) is 27.1. The van der Waals surface area contributed by atoms with E-state index in [1.807, 2.05) is 0 Å². The van der Waals surface area contributed by atoms with Crippen LogP contribution in [-0.4, -0.2) is 76.5 Å². The molecule has 0 saturated heterocycles. The number of unbranched alkanes of at least 4 members (excludes halogenated alkanes) is 1. The summed E-state index contributed by atoms with van der Waals surface area (Å²) in [5, 5.41) is 25.2. The average Bonchev–Trinajstić information content (AvgIpc) is 2.77. The number of nitrogens with two attached hydrogens (primary N) is 3. The van der Waals surface area contributed by atoms with Crippen LogP contribution in [0.4, 0.5) is 0 Å². The Morgan fingerprint density at radius 2 is 1.23 bits per heavy atom. The van der Waals surface area contributed by atoms with Gasteiger partial charge in [0, 0.05) is 12.8 Å². The first-order chi connectivity index (χ1) is 16.3. The summed E-state index contributed by atoms with van der Waals surface area (Å²) in [6.07, 6.45) is -0.189. The second kappa shape index (κ2) is 16.4. The van der Waals surface area contributed by atoms with Gasteiger partial charge in [-0.25, -0.2) is 4.79 Å². The number of hydrogen-bond donors (Lipinski definition) is 8. The van der Waals surface area contributed by atoms with Gasteiger partial charge >= 0.3 is 11.9 Å². The highest BCUT2D eigenvalue weighted by atomic mass is 16.4. The van der Waals surface area contributed by atoms with Gasteiger partial charge in [0.05, 0.1) is 6.04 Å². The van der Waals surface area contributed by atoms with Crippen molar-refractivity contribution < 1.29 is 39.0 Å². The van der Waals surface area contributed by atoms with Crippen LogP contribution in [0.1, 0.15) is 58.8 Å². The van der Waals surface area contributed by atoms with Gasteiger partial charge in [0.1, 0.15) is 18.1 Å². The number of rotatable bonds is 18. The molecule has 14 heteroatoms. The molecule has 0 radical (unpaired) electrons. The number of carbonyl (C=O) groups is 6. The largest absolute Gasteiger partial charge is 0.481 e. The van der Waals surface area contributed by atoms with Crippen LogP contribution in [0, 0.1) is 5.92 Å². The molecule has 200 valence electrons. The highest BCUT2D eigenvalue weighted by Crippen LogP contribution is 2.07. The van der Waals surface area contributed by atoms with Crippen LogP contribution < -0.4 is 33.2 Å². The fourth-order valence-corrected chi connectivity index (χ4v) is 2.96. The van der Waals surface area contributed by atoms with E-state index in [0.29, 0.717) is 19.4 Å². The SMILES string of the molecule is CC(C)C(N)C(=O)NC(CCCCN)C(=O)NC(CCC(N)=O)C(=O)NC(CCC(=O)O)C(=O)O. The van der Waals surface area contributed by atoms with Crippen LogP contribution in [0.3, 0.4) is 0 Å². The third kappa shape index (κ3) is 13.3. The van der Waals surface area contributed by atoms with E-state index >= 15 is 0 Å². The van der Waals surface area contributed by atoms with Gasteiger partial charge in [0.15, 0.2) is 0 Å². The molecule has 4 unspecified atom stereocenters. The molecule has 35 heavy (non-hydrogen) atoms. The van der Waals surface area contributed by atoms with Gasteiger partial charge < -0.3 is 43.4 Å². The molecular formula is C21H38N6O8. The Morgan fingerprint density at radius 1 is 0.743 bits per heavy atom. The molecule has 0 aliphatic rings. The molecule has 4 amide bonds. The molecule has 14 nitrogen and oxygen atoms in total. The van der Waals surface area contributed by atoms with E-state index in [2.05, 4.69) is 16.0 Å². The van der Waals surface area contributed by atoms with Crippen LogP contribution in [0.25, 0.3) is 0 Å². The molecule has 0 aliphatic carbocycles. The van der Waals surface area contributed by atoms with Crippen LogP contribution in [-0.2, 0) is 28.8 Å². The first-order valence-corrected chi connectivity index (χ1v) is 11.4. The monoisotopic (exact) mass is 502 g/mol. The fraction of sp³-hybridized carbons (Fsp3) is 0.714. The van der Waals surface area contributed by atoms with Gasteiger partial charge in [-0.15, -0.1) is 0 Å². The third-order valence-corrected chi connectivity index (χ3v) is 5.17. The molecule has 0 spiro atoms. The molecular weight excluding hydrogens is 464 g/mol. The van der Waals surface area contributed by atoms with Crippen LogP contribution >= 0.6 is 0 Å². The smallest absolute Gasteiger partial charge is 0.326 e. The molecule has 4 atom stereocenters. The fourth-order valence-electron chi connectivity index (χ4n) is 2.96. The van der Waals surface area contributed by atoms with Crippen molar-refractivity contribution in [2.24, 2.45) is 23.1 Å². The summed E-state index contributed by atoms with van der Waals surface area (Å²) in [7, 11) is 0. The molecule has 0 fully saturated rings. The van der Waals surface area contributed by atoms with E-state index in [9.17, 15) is 33.9 Å². The maximum absolute atomic E-state index is 13.0. The summed E-state index contributed by atoms with van der Waals surface area (Å²) < 4.78 is 0. The minimum atomic E-state index is -1.53. The highest BCUT2D eigenvalue weighted by molar-refractivity contribution is 5.94. The molecule has 0 saturated carbocycles. The van der Waals surface area contributed by atoms with Crippen molar-refractivity contribution in [1.29, 1.82) is 0 Å². The molecule has 11 N–H and O–H groups in total. The predicted molar refractivity (Wildman–Crippen MR) is 124 cm³/mol. The zero-order valence-corrected chi connectivity index (χ0v) is 20.1. The summed E-state index contributed by atoms with van der Waals surface area (Å²) in [6.45, 7) is 3.84. The Balaban J connectivity index is 5.59. The summed E-state index contributed by atoms with van der Waals surface area (Å²) in [5.74, 6) is -5.92. The predicted octanol–water partition coefficient (Wildman–Crippen LogP) is -2.23. The molecule has 0 aliphatic heterocycles. The minimum Gasteiger partial charge on any atom is -0.481 e. The van der Waals surface area contributed by atoms with E-state index in [1.165, 1.54) is 0 Å². The maximum atomic E-state index is 13.0. The van der Waals surface area contributed by atoms with E-state index < -0.39 is 72.6 Å². The molecule has 0 rings (SSSR count). The summed E-state index contributed by atoms with van der Waals surface area (Å²) in [4.78, 5) is 71.6. The second-order valence-electron chi connectivity index (χ2n) is 8.51. The minimum absolute atomic E-state index is 0.195. The van der Waals surface area contributed by atoms with Gasteiger partial charge in [0.2, 0.25) is 23.6 Å². The lowest BCUT2D eigenvalue weighted by molar-refractivity contribution is -0.143. The van der Waals surface area contributed by atoms with Gasteiger partial charge in [-0.1, -0.05) is 13.8 Å². The molecule has 0 aromatic carbocycles. The van der Waals surface area contributed by atoms with Crippen LogP contribution in [0.2, 0.25) is 0 Å². The van der Waals surface area contributed by atoms with E-state index in [1.54, 1.807) is 13.8 Å². The molecule has 0 aromatic rings. The Bertz CT molecular complexity index is 760. The molecule has 0 aromatic heterocycles. The number of nitrogens with one attached hydrogen (secondary N) is 3. The summed E-state index contributed by atoms with van der Waals surface area (Å²) in [6, 6.07) is -4.84. The topological polar surface area (TPSA) is 257 Å². The van der Waals surface area contributed by atoms with Crippen LogP contribution in [0.5, 0.6) is 0 Å². The Morgan fingerprint density at radius 3 is 1.69 bits per heavy atom. The zero-order valence-electron chi connectivity index (χ0n) is 20.1. The Labute approximate surface area is 203 Å². The highest BCUT2D eigenvalue weighted by Gasteiger charge is 2.31. The average molecular weight is 503 g/mol. The van der Waals surface area contributed by atoms with Crippen molar-refractivity contribution in [3.63, 3.8) is 0 Å². The van der Waals surface area contributed by atoms with Gasteiger partial charge in [-0.3, -0.25) is 24.0 Å². The number of carbonyl (C=O) groups excluding carboxylic acids is 4. The number of primary amides is 1. The Kier molecular flexibility index (Phi) is 14.9. The number of carboxylic acids is 2. The molecule has 0 bridgehead atoms. The number of aliphatic carboxylic acids is 2. The number of hydrogen-bond acceptors (Lipinski definition) is 8. The van der Waals surface area contributed by atoms with Gasteiger partial charge in [-0.05, 0) is 44.6 Å². The third-order valence-electron chi connectivity index (χ3n) is 5.17. The Hall–Kier alpha value is -3.26. The van der Waals surface area contributed by atoms with Crippen LogP contribution in [0.15, 0.2) is 0 Å². The van der Waals surface area contributed by atoms with E-state index in [0.717, 1.165) is 0 Å². The first kappa shape index (κ1) is 31.7. The van der Waals surface area contributed by atoms with Crippen molar-refractivity contribution in [3.05, 3.63) is 0 Å². The lowest BCUT2D eigenvalue weighted by atomic mass is 10.0. The first-order valence-electron chi connectivity index (χ1n) is 11.4. The van der Waals surface area contributed by atoms with E-state index in [4.69, 9.17) is 22.3 Å². The number of amides is 4. The molecule has 0 heterocycles. The van der Waals surface area contributed by atoms with Gasteiger partial charge in [0.25, 0.3) is 0 Å². The van der Waals surface area contributed by atoms with Crippen molar-refractivity contribution in [2.45, 2.75) is 83.0 Å². The normalized spacial score (nSPS) is 14.3. The van der Waals surface area contributed by atoms with Crippen molar-refractivity contribution >= 4 is 35.6 Å². The summed E-state index contributed by atoms with van der Waals surface area (Å²) in [5.41, 5.74) is 16.5. The second-order valence-corrected chi connectivity index (χ2v) is 8.51. The standard InChI is InChI=1S/C21H38N6O8/c1-11(2)17(24)20(33)26-12(5-3-4-10-22)18(31)25-13(6-8-15(23)28)19(32)27-14(21(34)35)7-9-16(29)30/h11-14,17H,3-10,22,24H2,1-2H3,(H2,23,28)(H,25,31)(H,26,33)(H,27,32)(H,29,30)(H,34,35). The van der Waals surface area contributed by atoms with Crippen molar-refractivity contribution in [3.8, 4) is 0 Å². The van der Waals surface area contributed by atoms with Crippen molar-refractivity contribution in [2.75, 3.05) is 6.54 Å². The lowest BCUT2D eigenvalue weighted by Gasteiger charge is -2.25. The quantitative estimate of drug-likeness (QED) is 0.0935. The lowest BCUT2D eigenvalue weighted by Crippen LogP contribution is -2.57. The maximum Gasteiger partial charge on any atom is 0.326 e. The van der Waals surface area contributed by atoms with Gasteiger partial charge in [-0.2, -0.15) is 0 Å². The number of carboxylic acid groups (broad SMARTS) is 2.